The second-order valence-corrected chi connectivity index (χ2v) is 4.90. The SMILES string of the molecule is O=C(Cn1cc([N+](=O)[O-])cn1)N/N=C/c1c(Cl)cccc1Cl. The van der Waals surface area contributed by atoms with Gasteiger partial charge in [0.1, 0.15) is 18.9 Å². The van der Waals surface area contributed by atoms with E-state index in [4.69, 9.17) is 23.2 Å². The average molecular weight is 342 g/mol. The molecule has 0 spiro atoms. The van der Waals surface area contributed by atoms with E-state index in [1.54, 1.807) is 18.2 Å². The van der Waals surface area contributed by atoms with Gasteiger partial charge in [0.05, 0.1) is 21.2 Å². The molecule has 0 saturated heterocycles. The van der Waals surface area contributed by atoms with Crippen molar-refractivity contribution >= 4 is 41.0 Å². The van der Waals surface area contributed by atoms with Crippen LogP contribution in [0.1, 0.15) is 5.56 Å². The summed E-state index contributed by atoms with van der Waals surface area (Å²) in [5.74, 6) is -0.502. The Labute approximate surface area is 134 Å². The second kappa shape index (κ2) is 7.01. The second-order valence-electron chi connectivity index (χ2n) is 4.08. The monoisotopic (exact) mass is 341 g/mol. The van der Waals surface area contributed by atoms with Gasteiger partial charge in [-0.3, -0.25) is 19.6 Å². The summed E-state index contributed by atoms with van der Waals surface area (Å²) in [6.45, 7) is -0.207. The fourth-order valence-corrected chi connectivity index (χ4v) is 2.01. The first-order chi connectivity index (χ1) is 10.5. The lowest BCUT2D eigenvalue weighted by atomic mass is 10.2. The minimum atomic E-state index is -0.598. The minimum Gasteiger partial charge on any atom is -0.271 e. The zero-order chi connectivity index (χ0) is 16.1. The normalized spacial score (nSPS) is 10.8. The van der Waals surface area contributed by atoms with Crippen LogP contribution >= 0.6 is 23.2 Å². The Bertz CT molecular complexity index is 724. The molecule has 1 aromatic carbocycles. The van der Waals surface area contributed by atoms with Crippen molar-refractivity contribution in [1.29, 1.82) is 0 Å². The highest BCUT2D eigenvalue weighted by atomic mass is 35.5. The lowest BCUT2D eigenvalue weighted by Crippen LogP contribution is -2.23. The minimum absolute atomic E-state index is 0.195. The van der Waals surface area contributed by atoms with Crippen molar-refractivity contribution in [1.82, 2.24) is 15.2 Å². The summed E-state index contributed by atoms with van der Waals surface area (Å²) in [4.78, 5) is 21.5. The quantitative estimate of drug-likeness (QED) is 0.511. The van der Waals surface area contributed by atoms with Crippen LogP contribution in [0.15, 0.2) is 35.7 Å². The lowest BCUT2D eigenvalue weighted by molar-refractivity contribution is -0.385. The van der Waals surface area contributed by atoms with E-state index in [1.807, 2.05) is 0 Å². The summed E-state index contributed by atoms with van der Waals surface area (Å²) in [5.41, 5.74) is 2.53. The molecule has 1 heterocycles. The van der Waals surface area contributed by atoms with Crippen molar-refractivity contribution in [2.75, 3.05) is 0 Å². The van der Waals surface area contributed by atoms with Gasteiger partial charge in [0.15, 0.2) is 0 Å². The number of hydrazone groups is 1. The molecule has 8 nitrogen and oxygen atoms in total. The van der Waals surface area contributed by atoms with Gasteiger partial charge in [0.25, 0.3) is 5.91 Å². The van der Waals surface area contributed by atoms with Crippen molar-refractivity contribution in [3.05, 3.63) is 56.3 Å². The molecule has 1 N–H and O–H groups in total. The van der Waals surface area contributed by atoms with Crippen molar-refractivity contribution in [3.8, 4) is 0 Å². The molecule has 2 rings (SSSR count). The van der Waals surface area contributed by atoms with E-state index in [9.17, 15) is 14.9 Å². The van der Waals surface area contributed by atoms with Crippen LogP contribution in [0.4, 0.5) is 5.69 Å². The molecule has 0 aliphatic carbocycles. The van der Waals surface area contributed by atoms with Crippen molar-refractivity contribution in [2.24, 2.45) is 5.10 Å². The number of carbonyl (C=O) groups excluding carboxylic acids is 1. The van der Waals surface area contributed by atoms with E-state index in [0.29, 0.717) is 15.6 Å². The number of aromatic nitrogens is 2. The van der Waals surface area contributed by atoms with Crippen molar-refractivity contribution in [2.45, 2.75) is 6.54 Å². The van der Waals surface area contributed by atoms with E-state index in [0.717, 1.165) is 17.1 Å². The van der Waals surface area contributed by atoms with Crippen LogP contribution in [0.5, 0.6) is 0 Å². The number of rotatable bonds is 5. The van der Waals surface area contributed by atoms with E-state index in [2.05, 4.69) is 15.6 Å². The van der Waals surface area contributed by atoms with Crippen LogP contribution in [0.2, 0.25) is 10.0 Å². The molecule has 0 aliphatic heterocycles. The maximum Gasteiger partial charge on any atom is 0.307 e. The summed E-state index contributed by atoms with van der Waals surface area (Å²) in [6.07, 6.45) is 3.52. The first-order valence-electron chi connectivity index (χ1n) is 5.90. The van der Waals surface area contributed by atoms with Gasteiger partial charge >= 0.3 is 5.69 Å². The Balaban J connectivity index is 1.95. The molecule has 22 heavy (non-hydrogen) atoms. The molecular formula is C12H9Cl2N5O3. The smallest absolute Gasteiger partial charge is 0.271 e. The average Bonchev–Trinajstić information content (AvgIpc) is 2.91. The molecule has 10 heteroatoms. The Morgan fingerprint density at radius 3 is 2.73 bits per heavy atom. The predicted molar refractivity (Wildman–Crippen MR) is 81.1 cm³/mol. The fourth-order valence-electron chi connectivity index (χ4n) is 1.52. The van der Waals surface area contributed by atoms with Gasteiger partial charge in [-0.15, -0.1) is 0 Å². The van der Waals surface area contributed by atoms with E-state index < -0.39 is 10.8 Å². The highest BCUT2D eigenvalue weighted by Gasteiger charge is 2.10. The molecule has 0 bridgehead atoms. The third-order valence-electron chi connectivity index (χ3n) is 2.52. The lowest BCUT2D eigenvalue weighted by Gasteiger charge is -2.01. The summed E-state index contributed by atoms with van der Waals surface area (Å²) >= 11 is 11.9. The number of halogens is 2. The molecule has 0 saturated carbocycles. The first kappa shape index (κ1) is 15.9. The van der Waals surface area contributed by atoms with Crippen LogP contribution in [0, 0.1) is 10.1 Å². The highest BCUT2D eigenvalue weighted by Crippen LogP contribution is 2.21. The molecule has 0 unspecified atom stereocenters. The number of hydrogen-bond donors (Lipinski definition) is 1. The third-order valence-corrected chi connectivity index (χ3v) is 3.18. The number of nitrogens with zero attached hydrogens (tertiary/aromatic N) is 4. The van der Waals surface area contributed by atoms with Gasteiger partial charge in [-0.25, -0.2) is 5.43 Å². The van der Waals surface area contributed by atoms with Gasteiger partial charge in [-0.1, -0.05) is 29.3 Å². The summed E-state index contributed by atoms with van der Waals surface area (Å²) < 4.78 is 1.13. The molecule has 114 valence electrons. The maximum atomic E-state index is 11.6. The summed E-state index contributed by atoms with van der Waals surface area (Å²) in [5, 5.41) is 18.7. The highest BCUT2D eigenvalue weighted by molar-refractivity contribution is 6.38. The first-order valence-corrected chi connectivity index (χ1v) is 6.65. The van der Waals surface area contributed by atoms with Crippen molar-refractivity contribution in [3.63, 3.8) is 0 Å². The molecule has 2 aromatic rings. The number of hydrogen-bond acceptors (Lipinski definition) is 5. The van der Waals surface area contributed by atoms with Crippen LogP contribution in [-0.4, -0.2) is 26.8 Å². The number of amides is 1. The molecule has 0 atom stereocenters. The molecule has 1 aromatic heterocycles. The van der Waals surface area contributed by atoms with Crippen molar-refractivity contribution < 1.29 is 9.72 Å². The van der Waals surface area contributed by atoms with Crippen LogP contribution in [-0.2, 0) is 11.3 Å². The fraction of sp³-hybridized carbons (Fsp3) is 0.0833. The standard InChI is InChI=1S/C12H9Cl2N5O3/c13-10-2-1-3-11(14)9(10)5-15-17-12(20)7-18-6-8(4-16-18)19(21)22/h1-6H,7H2,(H,17,20)/b15-5+. The zero-order valence-corrected chi connectivity index (χ0v) is 12.5. The summed E-state index contributed by atoms with van der Waals surface area (Å²) in [6, 6.07) is 4.96. The van der Waals surface area contributed by atoms with Gasteiger partial charge in [0.2, 0.25) is 0 Å². The predicted octanol–water partition coefficient (Wildman–Crippen LogP) is 2.25. The number of carbonyl (C=O) groups is 1. The Morgan fingerprint density at radius 2 is 2.14 bits per heavy atom. The Hall–Kier alpha value is -2.45. The Kier molecular flexibility index (Phi) is 5.08. The van der Waals surface area contributed by atoms with Gasteiger partial charge in [-0.2, -0.15) is 10.2 Å². The number of benzene rings is 1. The number of nitro groups is 1. The molecular weight excluding hydrogens is 333 g/mol. The topological polar surface area (TPSA) is 102 Å². The van der Waals surface area contributed by atoms with Gasteiger partial charge in [-0.05, 0) is 12.1 Å². The third kappa shape index (κ3) is 4.03. The van der Waals surface area contributed by atoms with Crippen LogP contribution < -0.4 is 5.43 Å². The van der Waals surface area contributed by atoms with Gasteiger partial charge < -0.3 is 0 Å². The Morgan fingerprint density at radius 1 is 1.45 bits per heavy atom. The van der Waals surface area contributed by atoms with E-state index in [-0.39, 0.29) is 12.2 Å². The van der Waals surface area contributed by atoms with Gasteiger partial charge in [0, 0.05) is 5.56 Å². The van der Waals surface area contributed by atoms with Crippen LogP contribution in [0.25, 0.3) is 0 Å². The molecule has 1 amide bonds. The van der Waals surface area contributed by atoms with E-state index in [1.165, 1.54) is 6.21 Å². The largest absolute Gasteiger partial charge is 0.307 e. The van der Waals surface area contributed by atoms with Crippen LogP contribution in [0.3, 0.4) is 0 Å². The zero-order valence-electron chi connectivity index (χ0n) is 10.9. The molecule has 0 fully saturated rings. The number of nitrogens with one attached hydrogen (secondary N) is 1. The van der Waals surface area contributed by atoms with E-state index >= 15 is 0 Å². The molecule has 0 radical (unpaired) electrons. The maximum absolute atomic E-state index is 11.6. The molecule has 0 aliphatic rings. The summed E-state index contributed by atoms with van der Waals surface area (Å²) in [7, 11) is 0.